The van der Waals surface area contributed by atoms with Crippen molar-refractivity contribution in [2.45, 2.75) is 117 Å². The van der Waals surface area contributed by atoms with Gasteiger partial charge in [-0.1, -0.05) is 86.0 Å². The van der Waals surface area contributed by atoms with Gasteiger partial charge in [0.2, 0.25) is 0 Å². The van der Waals surface area contributed by atoms with Gasteiger partial charge in [-0.3, -0.25) is 0 Å². The van der Waals surface area contributed by atoms with Crippen molar-refractivity contribution in [3.05, 3.63) is 0 Å². The van der Waals surface area contributed by atoms with E-state index in [0.29, 0.717) is 0 Å². The van der Waals surface area contributed by atoms with E-state index in [1.165, 1.54) is 57.8 Å². The van der Waals surface area contributed by atoms with Crippen LogP contribution in [0.15, 0.2) is 0 Å². The van der Waals surface area contributed by atoms with E-state index in [9.17, 15) is 5.11 Å². The molecule has 0 amide bonds. The molecule has 0 atom stereocenters. The van der Waals surface area contributed by atoms with Crippen molar-refractivity contribution < 1.29 is 5.11 Å². The summed E-state index contributed by atoms with van der Waals surface area (Å²) in [7, 11) is 0. The lowest BCUT2D eigenvalue weighted by atomic mass is 9.59. The maximum Gasteiger partial charge on any atom is 0.0658 e. The maximum atomic E-state index is 11.0. The Bertz CT molecular complexity index is 274. The third-order valence-corrected chi connectivity index (χ3v) is 5.07. The molecule has 1 fully saturated rings. The molecule has 1 nitrogen and oxygen atoms in total. The molecular formula is C20H40O. The SMILES string of the molecule is CCCCCCCCCCC1(O)CC(C)(C)CC(C)(C)C1. The summed E-state index contributed by atoms with van der Waals surface area (Å²) in [5.74, 6) is 0. The van der Waals surface area contributed by atoms with Gasteiger partial charge in [-0.25, -0.2) is 0 Å². The van der Waals surface area contributed by atoms with Gasteiger partial charge in [-0.2, -0.15) is 0 Å². The summed E-state index contributed by atoms with van der Waals surface area (Å²) >= 11 is 0. The fourth-order valence-electron chi connectivity index (χ4n) is 5.03. The van der Waals surface area contributed by atoms with E-state index in [4.69, 9.17) is 0 Å². The molecule has 1 aliphatic carbocycles. The molecule has 0 bridgehead atoms. The lowest BCUT2D eigenvalue weighted by Gasteiger charge is -2.49. The molecule has 0 aromatic heterocycles. The molecule has 21 heavy (non-hydrogen) atoms. The Hall–Kier alpha value is -0.0400. The van der Waals surface area contributed by atoms with E-state index in [0.717, 1.165) is 19.3 Å². The van der Waals surface area contributed by atoms with E-state index < -0.39 is 5.60 Å². The molecule has 1 rings (SSSR count). The number of hydrogen-bond donors (Lipinski definition) is 1. The molecule has 0 radical (unpaired) electrons. The summed E-state index contributed by atoms with van der Waals surface area (Å²) in [4.78, 5) is 0. The zero-order valence-corrected chi connectivity index (χ0v) is 15.4. The molecule has 1 N–H and O–H groups in total. The first-order valence-corrected chi connectivity index (χ1v) is 9.41. The van der Waals surface area contributed by atoms with Crippen LogP contribution in [-0.2, 0) is 0 Å². The van der Waals surface area contributed by atoms with E-state index in [2.05, 4.69) is 34.6 Å². The standard InChI is InChI=1S/C20H40O/c1-6-7-8-9-10-11-12-13-14-20(21)16-18(2,3)15-19(4,5)17-20/h21H,6-17H2,1-5H3. The molecule has 126 valence electrons. The van der Waals surface area contributed by atoms with Gasteiger partial charge in [0.05, 0.1) is 5.60 Å². The minimum Gasteiger partial charge on any atom is -0.390 e. The summed E-state index contributed by atoms with van der Waals surface area (Å²) in [5.41, 5.74) is 0.167. The smallest absolute Gasteiger partial charge is 0.0658 e. The Morgan fingerprint density at radius 1 is 0.667 bits per heavy atom. The van der Waals surface area contributed by atoms with Crippen molar-refractivity contribution in [3.63, 3.8) is 0 Å². The third-order valence-electron chi connectivity index (χ3n) is 5.07. The van der Waals surface area contributed by atoms with Crippen molar-refractivity contribution in [2.75, 3.05) is 0 Å². The van der Waals surface area contributed by atoms with Crippen molar-refractivity contribution in [2.24, 2.45) is 10.8 Å². The lowest BCUT2D eigenvalue weighted by Crippen LogP contribution is -2.46. The first-order chi connectivity index (χ1) is 9.68. The van der Waals surface area contributed by atoms with Crippen LogP contribution in [0.1, 0.15) is 112 Å². The number of aliphatic hydroxyl groups is 1. The zero-order chi connectivity index (χ0) is 16.0. The average Bonchev–Trinajstić information content (AvgIpc) is 2.27. The fraction of sp³-hybridized carbons (Fsp3) is 1.00. The summed E-state index contributed by atoms with van der Waals surface area (Å²) in [6.45, 7) is 11.6. The Morgan fingerprint density at radius 2 is 1.10 bits per heavy atom. The van der Waals surface area contributed by atoms with Gasteiger partial charge in [0, 0.05) is 0 Å². The largest absolute Gasteiger partial charge is 0.390 e. The van der Waals surface area contributed by atoms with Crippen molar-refractivity contribution in [3.8, 4) is 0 Å². The van der Waals surface area contributed by atoms with E-state index in [1.54, 1.807) is 0 Å². The highest BCUT2D eigenvalue weighted by Crippen LogP contribution is 2.51. The molecule has 0 spiro atoms. The first-order valence-electron chi connectivity index (χ1n) is 9.41. The van der Waals surface area contributed by atoms with Gasteiger partial charge >= 0.3 is 0 Å². The maximum absolute atomic E-state index is 11.0. The fourth-order valence-corrected chi connectivity index (χ4v) is 5.03. The Balaban J connectivity index is 2.24. The Morgan fingerprint density at radius 3 is 1.57 bits per heavy atom. The minimum absolute atomic E-state index is 0.288. The molecule has 1 saturated carbocycles. The third kappa shape index (κ3) is 7.68. The highest BCUT2D eigenvalue weighted by Gasteiger charge is 2.45. The number of unbranched alkanes of at least 4 members (excludes halogenated alkanes) is 7. The predicted octanol–water partition coefficient (Wildman–Crippen LogP) is 6.48. The van der Waals surface area contributed by atoms with Gasteiger partial charge in [0.1, 0.15) is 0 Å². The highest BCUT2D eigenvalue weighted by atomic mass is 16.3. The molecule has 0 unspecified atom stereocenters. The molecule has 0 saturated heterocycles. The van der Waals surface area contributed by atoms with Gasteiger partial charge in [-0.15, -0.1) is 0 Å². The zero-order valence-electron chi connectivity index (χ0n) is 15.4. The summed E-state index contributed by atoms with van der Waals surface area (Å²) in [6, 6.07) is 0. The van der Waals surface area contributed by atoms with Crippen LogP contribution in [0.2, 0.25) is 0 Å². The van der Waals surface area contributed by atoms with Crippen molar-refractivity contribution >= 4 is 0 Å². The second-order valence-electron chi connectivity index (χ2n) is 9.31. The molecule has 1 heteroatoms. The van der Waals surface area contributed by atoms with Crippen LogP contribution in [-0.4, -0.2) is 10.7 Å². The van der Waals surface area contributed by atoms with Crippen molar-refractivity contribution in [1.29, 1.82) is 0 Å². The van der Waals surface area contributed by atoms with E-state index >= 15 is 0 Å². The van der Waals surface area contributed by atoms with Crippen molar-refractivity contribution in [1.82, 2.24) is 0 Å². The van der Waals surface area contributed by atoms with Gasteiger partial charge in [0.15, 0.2) is 0 Å². The van der Waals surface area contributed by atoms with Crippen LogP contribution >= 0.6 is 0 Å². The topological polar surface area (TPSA) is 20.2 Å². The number of hydrogen-bond acceptors (Lipinski definition) is 1. The summed E-state index contributed by atoms with van der Waals surface area (Å²) in [6.07, 6.45) is 15.0. The normalized spacial score (nSPS) is 23.1. The first kappa shape index (κ1) is 19.0. The monoisotopic (exact) mass is 296 g/mol. The minimum atomic E-state index is -0.409. The van der Waals surface area contributed by atoms with Crippen LogP contribution in [0.4, 0.5) is 0 Å². The van der Waals surface area contributed by atoms with Gasteiger partial charge in [0.25, 0.3) is 0 Å². The highest BCUT2D eigenvalue weighted by molar-refractivity contribution is 4.97. The van der Waals surface area contributed by atoms with Crippen LogP contribution in [0.25, 0.3) is 0 Å². The average molecular weight is 297 g/mol. The van der Waals surface area contributed by atoms with Crippen LogP contribution in [0, 0.1) is 10.8 Å². The van der Waals surface area contributed by atoms with Gasteiger partial charge < -0.3 is 5.11 Å². The second-order valence-corrected chi connectivity index (χ2v) is 9.31. The molecule has 0 aromatic rings. The number of rotatable bonds is 9. The summed E-state index contributed by atoms with van der Waals surface area (Å²) < 4.78 is 0. The van der Waals surface area contributed by atoms with Crippen LogP contribution in [0.5, 0.6) is 0 Å². The lowest BCUT2D eigenvalue weighted by molar-refractivity contribution is -0.0915. The van der Waals surface area contributed by atoms with Crippen LogP contribution in [0.3, 0.4) is 0 Å². The summed E-state index contributed by atoms with van der Waals surface area (Å²) in [5, 5.41) is 11.0. The molecular weight excluding hydrogens is 256 g/mol. The molecule has 0 aromatic carbocycles. The Kier molecular flexibility index (Phi) is 7.24. The quantitative estimate of drug-likeness (QED) is 0.482. The van der Waals surface area contributed by atoms with Gasteiger partial charge in [-0.05, 0) is 36.5 Å². The Labute approximate surface area is 133 Å². The molecule has 0 heterocycles. The second kappa shape index (κ2) is 7.99. The van der Waals surface area contributed by atoms with E-state index in [-0.39, 0.29) is 10.8 Å². The predicted molar refractivity (Wildman–Crippen MR) is 93.6 cm³/mol. The van der Waals surface area contributed by atoms with Crippen LogP contribution < -0.4 is 0 Å². The molecule has 0 aliphatic heterocycles. The molecule has 1 aliphatic rings. The van der Waals surface area contributed by atoms with E-state index in [1.807, 2.05) is 0 Å².